The molecule has 0 unspecified atom stereocenters. The Morgan fingerprint density at radius 1 is 1.16 bits per heavy atom. The smallest absolute Gasteiger partial charge is 0.170 e. The van der Waals surface area contributed by atoms with Crippen LogP contribution in [0.3, 0.4) is 0 Å². The molecule has 19 heavy (non-hydrogen) atoms. The second kappa shape index (κ2) is 5.39. The van der Waals surface area contributed by atoms with Crippen LogP contribution in [0.25, 0.3) is 0 Å². The summed E-state index contributed by atoms with van der Waals surface area (Å²) in [6, 6.07) is 11.2. The maximum Gasteiger partial charge on any atom is 0.170 e. The Morgan fingerprint density at radius 3 is 2.37 bits per heavy atom. The molecule has 0 saturated heterocycles. The van der Waals surface area contributed by atoms with Gasteiger partial charge in [-0.3, -0.25) is 0 Å². The van der Waals surface area contributed by atoms with Crippen LogP contribution in [-0.4, -0.2) is 11.0 Å². The van der Waals surface area contributed by atoms with Gasteiger partial charge in [0, 0.05) is 5.56 Å². The molecule has 3 N–H and O–H groups in total. The molecule has 0 heterocycles. The quantitative estimate of drug-likeness (QED) is 0.386. The molecule has 0 radical (unpaired) electrons. The second-order valence-electron chi connectivity index (χ2n) is 4.02. The summed E-state index contributed by atoms with van der Waals surface area (Å²) in [5.74, 6) is 0.898. The Kier molecular flexibility index (Phi) is 3.66. The predicted molar refractivity (Wildman–Crippen MR) is 70.2 cm³/mol. The largest absolute Gasteiger partial charge is 0.457 e. The number of halogens is 1. The van der Waals surface area contributed by atoms with Crippen molar-refractivity contribution in [3.8, 4) is 11.5 Å². The highest BCUT2D eigenvalue weighted by molar-refractivity contribution is 5.97. The van der Waals surface area contributed by atoms with Crippen molar-refractivity contribution in [1.82, 2.24) is 0 Å². The number of rotatable bonds is 3. The van der Waals surface area contributed by atoms with E-state index in [1.54, 1.807) is 43.3 Å². The summed E-state index contributed by atoms with van der Waals surface area (Å²) in [6.45, 7) is 1.67. The summed E-state index contributed by atoms with van der Waals surface area (Å²) >= 11 is 0. The summed E-state index contributed by atoms with van der Waals surface area (Å²) < 4.78 is 18.7. The summed E-state index contributed by atoms with van der Waals surface area (Å²) in [6.07, 6.45) is 0. The lowest BCUT2D eigenvalue weighted by Crippen LogP contribution is -2.12. The van der Waals surface area contributed by atoms with Crippen LogP contribution in [-0.2, 0) is 0 Å². The van der Waals surface area contributed by atoms with E-state index >= 15 is 0 Å². The molecule has 0 saturated carbocycles. The lowest BCUT2D eigenvalue weighted by Gasteiger charge is -2.07. The van der Waals surface area contributed by atoms with Gasteiger partial charge >= 0.3 is 0 Å². The van der Waals surface area contributed by atoms with Gasteiger partial charge < -0.3 is 15.7 Å². The minimum atomic E-state index is -0.269. The molecule has 4 nitrogen and oxygen atoms in total. The third-order valence-corrected chi connectivity index (χ3v) is 2.62. The molecular formula is C14H13FN2O2. The van der Waals surface area contributed by atoms with E-state index in [1.807, 2.05) is 0 Å². The SMILES string of the molecule is Cc1cc(Oc2ccc(/C(N)=N/O)cc2)ccc1F. The summed E-state index contributed by atoms with van der Waals surface area (Å²) in [5.41, 5.74) is 6.56. The zero-order chi connectivity index (χ0) is 13.8. The monoisotopic (exact) mass is 260 g/mol. The number of benzene rings is 2. The molecule has 2 rings (SSSR count). The summed E-state index contributed by atoms with van der Waals surface area (Å²) in [7, 11) is 0. The van der Waals surface area contributed by atoms with Crippen molar-refractivity contribution in [1.29, 1.82) is 0 Å². The van der Waals surface area contributed by atoms with Crippen molar-refractivity contribution >= 4 is 5.84 Å². The van der Waals surface area contributed by atoms with E-state index in [-0.39, 0.29) is 11.7 Å². The summed E-state index contributed by atoms with van der Waals surface area (Å²) in [4.78, 5) is 0. The third kappa shape index (κ3) is 3.01. The fraction of sp³-hybridized carbons (Fsp3) is 0.0714. The Balaban J connectivity index is 2.17. The van der Waals surface area contributed by atoms with E-state index in [0.717, 1.165) is 0 Å². The van der Waals surface area contributed by atoms with Crippen LogP contribution in [0.1, 0.15) is 11.1 Å². The highest BCUT2D eigenvalue weighted by atomic mass is 19.1. The second-order valence-corrected chi connectivity index (χ2v) is 4.02. The Hall–Kier alpha value is -2.56. The van der Waals surface area contributed by atoms with Gasteiger partial charge in [-0.15, -0.1) is 0 Å². The minimum Gasteiger partial charge on any atom is -0.457 e. The van der Waals surface area contributed by atoms with Gasteiger partial charge in [-0.05, 0) is 55.0 Å². The Labute approximate surface area is 109 Å². The van der Waals surface area contributed by atoms with Gasteiger partial charge in [0.2, 0.25) is 0 Å². The molecule has 0 aliphatic carbocycles. The van der Waals surface area contributed by atoms with Crippen molar-refractivity contribution in [2.75, 3.05) is 0 Å². The molecule has 0 atom stereocenters. The minimum absolute atomic E-state index is 0.0316. The maximum absolute atomic E-state index is 13.1. The lowest BCUT2D eigenvalue weighted by atomic mass is 10.2. The predicted octanol–water partition coefficient (Wildman–Crippen LogP) is 3.02. The van der Waals surface area contributed by atoms with Crippen molar-refractivity contribution < 1.29 is 14.3 Å². The molecular weight excluding hydrogens is 247 g/mol. The number of ether oxygens (including phenoxy) is 1. The average molecular weight is 260 g/mol. The van der Waals surface area contributed by atoms with Gasteiger partial charge in [0.05, 0.1) is 0 Å². The Morgan fingerprint density at radius 2 is 1.79 bits per heavy atom. The van der Waals surface area contributed by atoms with Gasteiger partial charge in [-0.25, -0.2) is 4.39 Å². The van der Waals surface area contributed by atoms with Gasteiger partial charge in [0.25, 0.3) is 0 Å². The molecule has 0 spiro atoms. The first-order valence-electron chi connectivity index (χ1n) is 5.62. The van der Waals surface area contributed by atoms with E-state index in [1.165, 1.54) is 6.07 Å². The number of oxime groups is 1. The molecule has 0 aromatic heterocycles. The molecule has 2 aromatic rings. The van der Waals surface area contributed by atoms with Crippen LogP contribution < -0.4 is 10.5 Å². The van der Waals surface area contributed by atoms with E-state index in [2.05, 4.69) is 5.16 Å². The van der Waals surface area contributed by atoms with E-state index in [9.17, 15) is 4.39 Å². The van der Waals surface area contributed by atoms with E-state index in [4.69, 9.17) is 15.7 Å². The maximum atomic E-state index is 13.1. The molecule has 5 heteroatoms. The number of aryl methyl sites for hydroxylation is 1. The highest BCUT2D eigenvalue weighted by Crippen LogP contribution is 2.23. The normalized spacial score (nSPS) is 11.4. The number of hydrogen-bond acceptors (Lipinski definition) is 3. The first-order chi connectivity index (χ1) is 9.10. The average Bonchev–Trinajstić information content (AvgIpc) is 2.43. The van der Waals surface area contributed by atoms with Crippen LogP contribution in [0.2, 0.25) is 0 Å². The first kappa shape index (κ1) is 12.9. The fourth-order valence-corrected chi connectivity index (χ4v) is 1.57. The number of hydrogen-bond donors (Lipinski definition) is 2. The van der Waals surface area contributed by atoms with Crippen molar-refractivity contribution in [2.24, 2.45) is 10.9 Å². The zero-order valence-electron chi connectivity index (χ0n) is 10.3. The molecule has 98 valence electrons. The summed E-state index contributed by atoms with van der Waals surface area (Å²) in [5, 5.41) is 11.5. The number of amidine groups is 1. The molecule has 0 fully saturated rings. The number of nitrogens with zero attached hydrogens (tertiary/aromatic N) is 1. The van der Waals surface area contributed by atoms with Gasteiger partial charge in [0.1, 0.15) is 17.3 Å². The van der Waals surface area contributed by atoms with Crippen molar-refractivity contribution in [3.05, 3.63) is 59.4 Å². The van der Waals surface area contributed by atoms with Crippen LogP contribution in [0.15, 0.2) is 47.6 Å². The highest BCUT2D eigenvalue weighted by Gasteiger charge is 2.03. The standard InChI is InChI=1S/C14H13FN2O2/c1-9-8-12(6-7-13(9)15)19-11-4-2-10(3-5-11)14(16)17-18/h2-8,18H,1H3,(H2,16,17). The van der Waals surface area contributed by atoms with E-state index < -0.39 is 0 Å². The van der Waals surface area contributed by atoms with Crippen LogP contribution in [0.4, 0.5) is 4.39 Å². The fourth-order valence-electron chi connectivity index (χ4n) is 1.57. The van der Waals surface area contributed by atoms with Crippen LogP contribution >= 0.6 is 0 Å². The number of nitrogens with two attached hydrogens (primary N) is 1. The topological polar surface area (TPSA) is 67.8 Å². The van der Waals surface area contributed by atoms with Crippen LogP contribution in [0, 0.1) is 12.7 Å². The molecule has 0 aliphatic rings. The lowest BCUT2D eigenvalue weighted by molar-refractivity contribution is 0.318. The van der Waals surface area contributed by atoms with Gasteiger partial charge in [0.15, 0.2) is 5.84 Å². The van der Waals surface area contributed by atoms with Crippen LogP contribution in [0.5, 0.6) is 11.5 Å². The molecule has 0 amide bonds. The van der Waals surface area contributed by atoms with Crippen molar-refractivity contribution in [2.45, 2.75) is 6.92 Å². The first-order valence-corrected chi connectivity index (χ1v) is 5.62. The third-order valence-electron chi connectivity index (χ3n) is 2.62. The zero-order valence-corrected chi connectivity index (χ0v) is 10.3. The Bertz CT molecular complexity index is 609. The molecule has 0 bridgehead atoms. The van der Waals surface area contributed by atoms with Gasteiger partial charge in [-0.1, -0.05) is 5.16 Å². The van der Waals surface area contributed by atoms with Crippen molar-refractivity contribution in [3.63, 3.8) is 0 Å². The molecule has 2 aromatic carbocycles. The van der Waals surface area contributed by atoms with E-state index in [0.29, 0.717) is 22.6 Å². The molecule has 0 aliphatic heterocycles. The van der Waals surface area contributed by atoms with Gasteiger partial charge in [-0.2, -0.15) is 0 Å².